The van der Waals surface area contributed by atoms with Crippen molar-refractivity contribution in [3.63, 3.8) is 0 Å². The standard InChI is InChI=1S/C11H21NO3/c13-9-8-12(7-3-6-11(14)15)10-4-1-2-5-10/h10,13H,1-9H2,(H,14,15). The highest BCUT2D eigenvalue weighted by Crippen LogP contribution is 2.23. The zero-order valence-electron chi connectivity index (χ0n) is 9.19. The molecule has 4 heteroatoms. The molecule has 0 amide bonds. The van der Waals surface area contributed by atoms with Crippen molar-refractivity contribution >= 4 is 5.97 Å². The summed E-state index contributed by atoms with van der Waals surface area (Å²) >= 11 is 0. The predicted octanol–water partition coefficient (Wildman–Crippen LogP) is 1.09. The molecule has 0 aromatic heterocycles. The smallest absolute Gasteiger partial charge is 0.303 e. The summed E-state index contributed by atoms with van der Waals surface area (Å²) in [6.45, 7) is 1.66. The fourth-order valence-corrected chi connectivity index (χ4v) is 2.31. The highest BCUT2D eigenvalue weighted by molar-refractivity contribution is 5.66. The summed E-state index contributed by atoms with van der Waals surface area (Å²) in [4.78, 5) is 12.6. The quantitative estimate of drug-likeness (QED) is 0.667. The molecule has 0 spiro atoms. The van der Waals surface area contributed by atoms with Crippen LogP contribution in [0.15, 0.2) is 0 Å². The maximum atomic E-state index is 10.4. The van der Waals surface area contributed by atoms with Crippen LogP contribution in [0.4, 0.5) is 0 Å². The van der Waals surface area contributed by atoms with Crippen LogP contribution in [-0.2, 0) is 4.79 Å². The van der Waals surface area contributed by atoms with Crippen molar-refractivity contribution in [3.8, 4) is 0 Å². The fraction of sp³-hybridized carbons (Fsp3) is 0.909. The van der Waals surface area contributed by atoms with E-state index in [4.69, 9.17) is 10.2 Å². The van der Waals surface area contributed by atoms with Gasteiger partial charge in [0.05, 0.1) is 6.61 Å². The SMILES string of the molecule is O=C(O)CCCN(CCO)C1CCCC1. The first-order valence-electron chi connectivity index (χ1n) is 5.80. The van der Waals surface area contributed by atoms with Crippen LogP contribution in [0.3, 0.4) is 0 Å². The summed E-state index contributed by atoms with van der Waals surface area (Å²) in [5.41, 5.74) is 0. The van der Waals surface area contributed by atoms with Crippen molar-refractivity contribution in [2.45, 2.75) is 44.6 Å². The molecule has 1 aliphatic carbocycles. The second-order valence-electron chi connectivity index (χ2n) is 4.20. The lowest BCUT2D eigenvalue weighted by Gasteiger charge is -2.27. The number of carboxylic acids is 1. The first kappa shape index (κ1) is 12.5. The second-order valence-corrected chi connectivity index (χ2v) is 4.20. The van der Waals surface area contributed by atoms with Gasteiger partial charge in [0, 0.05) is 19.0 Å². The van der Waals surface area contributed by atoms with Crippen LogP contribution in [-0.4, -0.2) is 46.8 Å². The number of carboxylic acid groups (broad SMARTS) is 1. The first-order chi connectivity index (χ1) is 7.24. The first-order valence-corrected chi connectivity index (χ1v) is 5.80. The van der Waals surface area contributed by atoms with Gasteiger partial charge in [0.15, 0.2) is 0 Å². The van der Waals surface area contributed by atoms with E-state index in [9.17, 15) is 4.79 Å². The number of carbonyl (C=O) groups is 1. The molecule has 0 heterocycles. The lowest BCUT2D eigenvalue weighted by Crippen LogP contribution is -2.36. The number of nitrogens with zero attached hydrogens (tertiary/aromatic N) is 1. The molecule has 1 saturated carbocycles. The molecule has 1 fully saturated rings. The summed E-state index contributed by atoms with van der Waals surface area (Å²) in [7, 11) is 0. The predicted molar refractivity (Wildman–Crippen MR) is 57.8 cm³/mol. The van der Waals surface area contributed by atoms with E-state index < -0.39 is 5.97 Å². The van der Waals surface area contributed by atoms with Crippen molar-refractivity contribution in [2.75, 3.05) is 19.7 Å². The Morgan fingerprint density at radius 2 is 1.93 bits per heavy atom. The van der Waals surface area contributed by atoms with Crippen molar-refractivity contribution in [3.05, 3.63) is 0 Å². The number of aliphatic hydroxyl groups excluding tert-OH is 1. The fourth-order valence-electron chi connectivity index (χ4n) is 2.31. The van der Waals surface area contributed by atoms with Gasteiger partial charge in [-0.2, -0.15) is 0 Å². The van der Waals surface area contributed by atoms with Crippen LogP contribution in [0.25, 0.3) is 0 Å². The van der Waals surface area contributed by atoms with E-state index in [0.717, 1.165) is 6.54 Å². The number of hydrogen-bond donors (Lipinski definition) is 2. The Bertz CT molecular complexity index is 190. The van der Waals surface area contributed by atoms with Crippen LogP contribution in [0.5, 0.6) is 0 Å². The highest BCUT2D eigenvalue weighted by Gasteiger charge is 2.21. The van der Waals surface area contributed by atoms with E-state index in [2.05, 4.69) is 4.90 Å². The third-order valence-corrected chi connectivity index (χ3v) is 3.06. The lowest BCUT2D eigenvalue weighted by atomic mass is 10.2. The molecule has 2 N–H and O–H groups in total. The number of aliphatic hydroxyl groups is 1. The molecular weight excluding hydrogens is 194 g/mol. The van der Waals surface area contributed by atoms with E-state index in [1.165, 1.54) is 25.7 Å². The average Bonchev–Trinajstić information content (AvgIpc) is 2.68. The molecule has 88 valence electrons. The molecule has 0 unspecified atom stereocenters. The Morgan fingerprint density at radius 1 is 1.27 bits per heavy atom. The maximum absolute atomic E-state index is 10.4. The number of aliphatic carboxylic acids is 1. The van der Waals surface area contributed by atoms with E-state index in [1.54, 1.807) is 0 Å². The van der Waals surface area contributed by atoms with Crippen molar-refractivity contribution < 1.29 is 15.0 Å². The van der Waals surface area contributed by atoms with Gasteiger partial charge in [-0.05, 0) is 25.8 Å². The molecule has 0 aliphatic heterocycles. The van der Waals surface area contributed by atoms with Crippen LogP contribution >= 0.6 is 0 Å². The van der Waals surface area contributed by atoms with Crippen molar-refractivity contribution in [1.82, 2.24) is 4.90 Å². The third kappa shape index (κ3) is 4.62. The Balaban J connectivity index is 2.26. The molecular formula is C11H21NO3. The minimum atomic E-state index is -0.731. The van der Waals surface area contributed by atoms with Crippen molar-refractivity contribution in [1.29, 1.82) is 0 Å². The molecule has 4 nitrogen and oxygen atoms in total. The Kier molecular flexibility index (Phi) is 5.65. The van der Waals surface area contributed by atoms with Gasteiger partial charge in [0.2, 0.25) is 0 Å². The highest BCUT2D eigenvalue weighted by atomic mass is 16.4. The maximum Gasteiger partial charge on any atom is 0.303 e. The molecule has 1 aliphatic rings. The van der Waals surface area contributed by atoms with Gasteiger partial charge >= 0.3 is 5.97 Å². The average molecular weight is 215 g/mol. The van der Waals surface area contributed by atoms with E-state index in [-0.39, 0.29) is 13.0 Å². The van der Waals surface area contributed by atoms with E-state index in [1.807, 2.05) is 0 Å². The third-order valence-electron chi connectivity index (χ3n) is 3.06. The Morgan fingerprint density at radius 3 is 2.47 bits per heavy atom. The molecule has 1 rings (SSSR count). The molecule has 0 aromatic rings. The minimum Gasteiger partial charge on any atom is -0.481 e. The monoisotopic (exact) mass is 215 g/mol. The van der Waals surface area contributed by atoms with Crippen LogP contribution in [0.2, 0.25) is 0 Å². The van der Waals surface area contributed by atoms with Crippen molar-refractivity contribution in [2.24, 2.45) is 0 Å². The van der Waals surface area contributed by atoms with Gasteiger partial charge in [-0.3, -0.25) is 9.69 Å². The molecule has 0 radical (unpaired) electrons. The molecule has 15 heavy (non-hydrogen) atoms. The summed E-state index contributed by atoms with van der Waals surface area (Å²) < 4.78 is 0. The van der Waals surface area contributed by atoms with Crippen LogP contribution in [0.1, 0.15) is 38.5 Å². The molecule has 0 aromatic carbocycles. The van der Waals surface area contributed by atoms with Crippen LogP contribution in [0, 0.1) is 0 Å². The van der Waals surface area contributed by atoms with E-state index in [0.29, 0.717) is 19.0 Å². The summed E-state index contributed by atoms with van der Waals surface area (Å²) in [6, 6.07) is 0.575. The van der Waals surface area contributed by atoms with Gasteiger partial charge in [0.1, 0.15) is 0 Å². The number of hydrogen-bond acceptors (Lipinski definition) is 3. The minimum absolute atomic E-state index is 0.170. The zero-order chi connectivity index (χ0) is 11.1. The summed E-state index contributed by atoms with van der Waals surface area (Å²) in [5.74, 6) is -0.731. The largest absolute Gasteiger partial charge is 0.481 e. The lowest BCUT2D eigenvalue weighted by molar-refractivity contribution is -0.137. The van der Waals surface area contributed by atoms with Gasteiger partial charge in [-0.1, -0.05) is 12.8 Å². The zero-order valence-corrected chi connectivity index (χ0v) is 9.19. The second kappa shape index (κ2) is 6.80. The van der Waals surface area contributed by atoms with Crippen LogP contribution < -0.4 is 0 Å². The Labute approximate surface area is 90.9 Å². The topological polar surface area (TPSA) is 60.8 Å². The summed E-state index contributed by atoms with van der Waals surface area (Å²) in [5, 5.41) is 17.5. The molecule has 0 saturated heterocycles. The van der Waals surface area contributed by atoms with Gasteiger partial charge in [-0.15, -0.1) is 0 Å². The molecule has 0 atom stereocenters. The van der Waals surface area contributed by atoms with Gasteiger partial charge in [0.25, 0.3) is 0 Å². The van der Waals surface area contributed by atoms with Gasteiger partial charge < -0.3 is 10.2 Å². The van der Waals surface area contributed by atoms with E-state index >= 15 is 0 Å². The summed E-state index contributed by atoms with van der Waals surface area (Å²) in [6.07, 6.45) is 5.86. The van der Waals surface area contributed by atoms with Gasteiger partial charge in [-0.25, -0.2) is 0 Å². The molecule has 0 bridgehead atoms. The number of rotatable bonds is 7. The Hall–Kier alpha value is -0.610. The normalized spacial score (nSPS) is 17.5.